The highest BCUT2D eigenvalue weighted by Gasteiger charge is 2.22. The van der Waals surface area contributed by atoms with Gasteiger partial charge >= 0.3 is 0 Å². The first kappa shape index (κ1) is 16.8. The van der Waals surface area contributed by atoms with Gasteiger partial charge in [0.05, 0.1) is 5.69 Å². The van der Waals surface area contributed by atoms with Gasteiger partial charge in [-0.2, -0.15) is 11.3 Å². The van der Waals surface area contributed by atoms with E-state index in [0.29, 0.717) is 6.04 Å². The Morgan fingerprint density at radius 3 is 2.76 bits per heavy atom. The van der Waals surface area contributed by atoms with Gasteiger partial charge < -0.3 is 0 Å². The van der Waals surface area contributed by atoms with Crippen LogP contribution in [0.2, 0.25) is 0 Å². The molecule has 6 heteroatoms. The van der Waals surface area contributed by atoms with Crippen LogP contribution < -0.4 is 0 Å². The molecule has 3 aromatic heterocycles. The summed E-state index contributed by atoms with van der Waals surface area (Å²) in [6.07, 6.45) is 3.82. The molecule has 0 amide bonds. The SMILES string of the molecule is CC(c1cccnc1)N1CCN(Cc2csc(-c3ccsc3)n2)CC1. The van der Waals surface area contributed by atoms with Gasteiger partial charge in [-0.1, -0.05) is 6.07 Å². The van der Waals surface area contributed by atoms with E-state index >= 15 is 0 Å². The second-order valence-electron chi connectivity index (χ2n) is 6.43. The highest BCUT2D eigenvalue weighted by molar-refractivity contribution is 7.14. The van der Waals surface area contributed by atoms with Crippen molar-refractivity contribution in [3.63, 3.8) is 0 Å². The number of rotatable bonds is 5. The van der Waals surface area contributed by atoms with Crippen LogP contribution in [0.15, 0.2) is 46.7 Å². The van der Waals surface area contributed by atoms with Crippen molar-refractivity contribution in [1.29, 1.82) is 0 Å². The van der Waals surface area contributed by atoms with E-state index in [1.807, 2.05) is 18.5 Å². The minimum Gasteiger partial charge on any atom is -0.295 e. The van der Waals surface area contributed by atoms with Crippen LogP contribution in [0.3, 0.4) is 0 Å². The maximum absolute atomic E-state index is 4.81. The Balaban J connectivity index is 1.32. The van der Waals surface area contributed by atoms with Crippen molar-refractivity contribution in [3.05, 3.63) is 58.0 Å². The topological polar surface area (TPSA) is 32.3 Å². The maximum Gasteiger partial charge on any atom is 0.124 e. The van der Waals surface area contributed by atoms with Gasteiger partial charge in [0, 0.05) is 67.5 Å². The second kappa shape index (κ2) is 7.74. The summed E-state index contributed by atoms with van der Waals surface area (Å²) >= 11 is 3.48. The Kier molecular flexibility index (Phi) is 5.22. The van der Waals surface area contributed by atoms with Crippen molar-refractivity contribution in [3.8, 4) is 10.6 Å². The normalized spacial score (nSPS) is 17.6. The zero-order valence-electron chi connectivity index (χ0n) is 14.3. The van der Waals surface area contributed by atoms with E-state index in [4.69, 9.17) is 4.98 Å². The van der Waals surface area contributed by atoms with Crippen molar-refractivity contribution in [2.45, 2.75) is 19.5 Å². The smallest absolute Gasteiger partial charge is 0.124 e. The van der Waals surface area contributed by atoms with Gasteiger partial charge in [-0.15, -0.1) is 11.3 Å². The molecule has 4 heterocycles. The molecule has 1 fully saturated rings. The van der Waals surface area contributed by atoms with Gasteiger partial charge in [0.25, 0.3) is 0 Å². The van der Waals surface area contributed by atoms with E-state index < -0.39 is 0 Å². The number of thiazole rings is 1. The third-order valence-corrected chi connectivity index (χ3v) is 6.45. The lowest BCUT2D eigenvalue weighted by Crippen LogP contribution is -2.46. The zero-order chi connectivity index (χ0) is 17.1. The molecule has 4 rings (SSSR count). The lowest BCUT2D eigenvalue weighted by Gasteiger charge is -2.37. The predicted octanol–water partition coefficient (Wildman–Crippen LogP) is 4.15. The first-order valence-electron chi connectivity index (χ1n) is 8.63. The first-order chi connectivity index (χ1) is 12.3. The Labute approximate surface area is 156 Å². The van der Waals surface area contributed by atoms with Crippen molar-refractivity contribution in [1.82, 2.24) is 19.8 Å². The zero-order valence-corrected chi connectivity index (χ0v) is 16.0. The Morgan fingerprint density at radius 2 is 2.04 bits per heavy atom. The van der Waals surface area contributed by atoms with E-state index in [9.17, 15) is 0 Å². The van der Waals surface area contributed by atoms with Crippen LogP contribution in [0.4, 0.5) is 0 Å². The third kappa shape index (κ3) is 3.98. The molecular weight excluding hydrogens is 348 g/mol. The lowest BCUT2D eigenvalue weighted by atomic mass is 10.1. The fourth-order valence-electron chi connectivity index (χ4n) is 3.27. The number of aromatic nitrogens is 2. The summed E-state index contributed by atoms with van der Waals surface area (Å²) in [5.41, 5.74) is 3.74. The van der Waals surface area contributed by atoms with Crippen molar-refractivity contribution in [2.75, 3.05) is 26.2 Å². The molecule has 0 bridgehead atoms. The van der Waals surface area contributed by atoms with E-state index in [2.05, 4.69) is 50.0 Å². The molecule has 3 aromatic rings. The van der Waals surface area contributed by atoms with Crippen LogP contribution >= 0.6 is 22.7 Å². The van der Waals surface area contributed by atoms with E-state index in [1.165, 1.54) is 16.8 Å². The molecule has 1 aliphatic heterocycles. The van der Waals surface area contributed by atoms with E-state index in [-0.39, 0.29) is 0 Å². The molecule has 0 aliphatic carbocycles. The number of pyridine rings is 1. The van der Waals surface area contributed by atoms with E-state index in [0.717, 1.165) is 37.7 Å². The third-order valence-electron chi connectivity index (χ3n) is 4.83. The van der Waals surface area contributed by atoms with Gasteiger partial charge in [0.1, 0.15) is 5.01 Å². The number of hydrogen-bond acceptors (Lipinski definition) is 6. The lowest BCUT2D eigenvalue weighted by molar-refractivity contribution is 0.0971. The minimum absolute atomic E-state index is 0.431. The van der Waals surface area contributed by atoms with Crippen molar-refractivity contribution < 1.29 is 0 Å². The molecular formula is C19H22N4S2. The summed E-state index contributed by atoms with van der Waals surface area (Å²) in [6, 6.07) is 6.77. The Hall–Kier alpha value is -1.60. The molecule has 1 unspecified atom stereocenters. The first-order valence-corrected chi connectivity index (χ1v) is 10.4. The molecule has 25 heavy (non-hydrogen) atoms. The number of piperazine rings is 1. The summed E-state index contributed by atoms with van der Waals surface area (Å²) in [5.74, 6) is 0. The Bertz CT molecular complexity index is 777. The molecule has 1 atom stereocenters. The fourth-order valence-corrected chi connectivity index (χ4v) is 4.79. The Morgan fingerprint density at radius 1 is 1.16 bits per heavy atom. The predicted molar refractivity (Wildman–Crippen MR) is 105 cm³/mol. The highest BCUT2D eigenvalue weighted by atomic mass is 32.1. The van der Waals surface area contributed by atoms with Gasteiger partial charge in [-0.25, -0.2) is 4.98 Å². The summed E-state index contributed by atoms with van der Waals surface area (Å²) in [7, 11) is 0. The number of thiophene rings is 1. The number of nitrogens with zero attached hydrogens (tertiary/aromatic N) is 4. The molecule has 0 saturated carbocycles. The molecule has 1 saturated heterocycles. The van der Waals surface area contributed by atoms with Crippen LogP contribution in [0.1, 0.15) is 24.2 Å². The van der Waals surface area contributed by atoms with Gasteiger partial charge in [-0.3, -0.25) is 14.8 Å². The molecule has 1 aliphatic rings. The van der Waals surface area contributed by atoms with Crippen LogP contribution in [0.5, 0.6) is 0 Å². The summed E-state index contributed by atoms with van der Waals surface area (Å²) in [6.45, 7) is 7.61. The van der Waals surface area contributed by atoms with Gasteiger partial charge in [0.2, 0.25) is 0 Å². The summed E-state index contributed by atoms with van der Waals surface area (Å²) in [4.78, 5) is 14.1. The standard InChI is InChI=1S/C19H22N4S2/c1-15(16-3-2-5-20-11-16)23-8-6-22(7-9-23)12-18-14-25-19(21-18)17-4-10-24-13-17/h2-5,10-11,13-15H,6-9,12H2,1H3. The average Bonchev–Trinajstić information content (AvgIpc) is 3.34. The second-order valence-corrected chi connectivity index (χ2v) is 8.07. The van der Waals surface area contributed by atoms with Crippen LogP contribution in [-0.4, -0.2) is 45.9 Å². The fraction of sp³-hybridized carbons (Fsp3) is 0.368. The molecule has 130 valence electrons. The highest BCUT2D eigenvalue weighted by Crippen LogP contribution is 2.26. The number of hydrogen-bond donors (Lipinski definition) is 0. The van der Waals surface area contributed by atoms with Crippen LogP contribution in [-0.2, 0) is 6.54 Å². The average molecular weight is 371 g/mol. The van der Waals surface area contributed by atoms with Gasteiger partial charge in [0.15, 0.2) is 0 Å². The molecule has 0 aromatic carbocycles. The monoisotopic (exact) mass is 370 g/mol. The maximum atomic E-state index is 4.81. The minimum atomic E-state index is 0.431. The largest absolute Gasteiger partial charge is 0.295 e. The molecule has 4 nitrogen and oxygen atoms in total. The quantitative estimate of drug-likeness (QED) is 0.675. The van der Waals surface area contributed by atoms with Crippen molar-refractivity contribution >= 4 is 22.7 Å². The molecule has 0 radical (unpaired) electrons. The van der Waals surface area contributed by atoms with Crippen molar-refractivity contribution in [2.24, 2.45) is 0 Å². The van der Waals surface area contributed by atoms with E-state index in [1.54, 1.807) is 22.7 Å². The molecule has 0 spiro atoms. The summed E-state index contributed by atoms with van der Waals surface area (Å²) < 4.78 is 0. The van der Waals surface area contributed by atoms with Crippen LogP contribution in [0, 0.1) is 0 Å². The molecule has 0 N–H and O–H groups in total. The summed E-state index contributed by atoms with van der Waals surface area (Å²) in [5, 5.41) is 7.62. The van der Waals surface area contributed by atoms with Gasteiger partial charge in [-0.05, 0) is 30.0 Å². The van der Waals surface area contributed by atoms with Crippen LogP contribution in [0.25, 0.3) is 10.6 Å².